The molecule has 2 heterocycles. The van der Waals surface area contributed by atoms with Gasteiger partial charge >= 0.3 is 0 Å². The second kappa shape index (κ2) is 6.61. The molecule has 0 aromatic carbocycles. The third kappa shape index (κ3) is 3.99. The van der Waals surface area contributed by atoms with E-state index in [1.807, 2.05) is 6.92 Å². The molecule has 104 valence electrons. The second-order valence-corrected chi connectivity index (χ2v) is 5.05. The van der Waals surface area contributed by atoms with Gasteiger partial charge in [-0.05, 0) is 38.8 Å². The molecule has 1 aliphatic heterocycles. The number of rotatable bonds is 4. The van der Waals surface area contributed by atoms with Crippen molar-refractivity contribution in [3.05, 3.63) is 23.3 Å². The largest absolute Gasteiger partial charge is 0.359 e. The Bertz CT molecular complexity index is 441. The fourth-order valence-corrected chi connectivity index (χ4v) is 2.46. The van der Waals surface area contributed by atoms with Crippen LogP contribution in [0.1, 0.15) is 42.4 Å². The van der Waals surface area contributed by atoms with E-state index in [-0.39, 0.29) is 5.91 Å². The number of amides is 1. The molecular weight excluding hydrogens is 240 g/mol. The van der Waals surface area contributed by atoms with Crippen molar-refractivity contribution in [3.63, 3.8) is 0 Å². The summed E-state index contributed by atoms with van der Waals surface area (Å²) in [5.74, 6) is 1.33. The van der Waals surface area contributed by atoms with E-state index < -0.39 is 0 Å². The number of piperidine rings is 1. The maximum absolute atomic E-state index is 11.3. The van der Waals surface area contributed by atoms with Crippen molar-refractivity contribution < 1.29 is 4.79 Å². The fourth-order valence-electron chi connectivity index (χ4n) is 2.46. The molecule has 19 heavy (non-hydrogen) atoms. The molecule has 1 aromatic heterocycles. The summed E-state index contributed by atoms with van der Waals surface area (Å²) in [5, 5.41) is 6.04. The van der Waals surface area contributed by atoms with Gasteiger partial charge < -0.3 is 10.6 Å². The highest BCUT2D eigenvalue weighted by atomic mass is 16.1. The van der Waals surface area contributed by atoms with E-state index >= 15 is 0 Å². The molecule has 2 N–H and O–H groups in total. The summed E-state index contributed by atoms with van der Waals surface area (Å²) in [6.07, 6.45) is 3.53. The lowest BCUT2D eigenvalue weighted by Gasteiger charge is -2.22. The van der Waals surface area contributed by atoms with Crippen molar-refractivity contribution in [2.24, 2.45) is 0 Å². The van der Waals surface area contributed by atoms with Crippen LogP contribution in [0.4, 0.5) is 0 Å². The first-order valence-electron chi connectivity index (χ1n) is 6.95. The molecule has 1 unspecified atom stereocenters. The highest BCUT2D eigenvalue weighted by molar-refractivity contribution is 5.75. The molecular formula is C14H22N4O. The number of carbonyl (C=O) groups is 1. The molecule has 2 rings (SSSR count). The predicted molar refractivity (Wildman–Crippen MR) is 74.0 cm³/mol. The highest BCUT2D eigenvalue weighted by Gasteiger charge is 2.17. The molecule has 1 aliphatic rings. The van der Waals surface area contributed by atoms with E-state index in [2.05, 4.69) is 26.7 Å². The number of nitrogens with one attached hydrogen (secondary N) is 2. The Kier molecular flexibility index (Phi) is 4.85. The first kappa shape index (κ1) is 13.9. The van der Waals surface area contributed by atoms with Gasteiger partial charge in [-0.1, -0.05) is 0 Å². The molecule has 1 saturated heterocycles. The minimum atomic E-state index is 0.0529. The van der Waals surface area contributed by atoms with Gasteiger partial charge in [-0.2, -0.15) is 0 Å². The maximum atomic E-state index is 11.3. The van der Waals surface area contributed by atoms with Gasteiger partial charge in [-0.25, -0.2) is 9.97 Å². The van der Waals surface area contributed by atoms with Crippen molar-refractivity contribution >= 4 is 5.91 Å². The summed E-state index contributed by atoms with van der Waals surface area (Å²) in [7, 11) is 1.66. The summed E-state index contributed by atoms with van der Waals surface area (Å²) in [4.78, 5) is 20.3. The van der Waals surface area contributed by atoms with Gasteiger partial charge in [0, 0.05) is 37.3 Å². The van der Waals surface area contributed by atoms with Gasteiger partial charge in [0.15, 0.2) is 0 Å². The summed E-state index contributed by atoms with van der Waals surface area (Å²) in [6, 6.07) is 2.06. The quantitative estimate of drug-likeness (QED) is 0.847. The van der Waals surface area contributed by atoms with Crippen LogP contribution in [-0.4, -0.2) is 36.0 Å². The number of aryl methyl sites for hydroxylation is 2. The molecule has 0 aliphatic carbocycles. The van der Waals surface area contributed by atoms with E-state index in [9.17, 15) is 4.79 Å². The van der Waals surface area contributed by atoms with E-state index in [1.54, 1.807) is 7.05 Å². The van der Waals surface area contributed by atoms with Crippen LogP contribution in [0.25, 0.3) is 0 Å². The van der Waals surface area contributed by atoms with Crippen LogP contribution < -0.4 is 10.6 Å². The lowest BCUT2D eigenvalue weighted by atomic mass is 9.95. The SMILES string of the molecule is CNC(=O)CCc1cc(C2CCCNC2)nc(C)n1. The van der Waals surface area contributed by atoms with Gasteiger partial charge in [-0.15, -0.1) is 0 Å². The summed E-state index contributed by atoms with van der Waals surface area (Å²) >= 11 is 0. The van der Waals surface area contributed by atoms with Gasteiger partial charge in [0.1, 0.15) is 5.82 Å². The van der Waals surface area contributed by atoms with Crippen molar-refractivity contribution in [1.29, 1.82) is 0 Å². The Labute approximate surface area is 114 Å². The van der Waals surface area contributed by atoms with Crippen LogP contribution in [0, 0.1) is 6.92 Å². The molecule has 1 atom stereocenters. The standard InChI is InChI=1S/C14H22N4O/c1-10-17-12(5-6-14(19)15-2)8-13(18-10)11-4-3-7-16-9-11/h8,11,16H,3-7,9H2,1-2H3,(H,15,19). The zero-order valence-corrected chi connectivity index (χ0v) is 11.7. The monoisotopic (exact) mass is 262 g/mol. The summed E-state index contributed by atoms with van der Waals surface area (Å²) < 4.78 is 0. The van der Waals surface area contributed by atoms with E-state index in [0.717, 1.165) is 30.3 Å². The Morgan fingerprint density at radius 3 is 3.05 bits per heavy atom. The van der Waals surface area contributed by atoms with E-state index in [1.165, 1.54) is 12.8 Å². The molecule has 0 bridgehead atoms. The normalized spacial score (nSPS) is 19.2. The van der Waals surface area contributed by atoms with Crippen molar-refractivity contribution in [2.45, 2.75) is 38.5 Å². The minimum absolute atomic E-state index is 0.0529. The minimum Gasteiger partial charge on any atom is -0.359 e. The van der Waals surface area contributed by atoms with Crippen LogP contribution in [0.5, 0.6) is 0 Å². The summed E-state index contributed by atoms with van der Waals surface area (Å²) in [6.45, 7) is 4.01. The molecule has 0 saturated carbocycles. The van der Waals surface area contributed by atoms with Gasteiger partial charge in [0.25, 0.3) is 0 Å². The van der Waals surface area contributed by atoms with Crippen molar-refractivity contribution in [3.8, 4) is 0 Å². The fraction of sp³-hybridized carbons (Fsp3) is 0.643. The zero-order valence-electron chi connectivity index (χ0n) is 11.7. The number of aromatic nitrogens is 2. The maximum Gasteiger partial charge on any atom is 0.220 e. The Morgan fingerprint density at radius 2 is 2.37 bits per heavy atom. The zero-order chi connectivity index (χ0) is 13.7. The average Bonchev–Trinajstić information content (AvgIpc) is 2.45. The molecule has 5 heteroatoms. The summed E-state index contributed by atoms with van der Waals surface area (Å²) in [5.41, 5.74) is 2.09. The highest BCUT2D eigenvalue weighted by Crippen LogP contribution is 2.22. The molecule has 1 amide bonds. The first-order chi connectivity index (χ1) is 9.19. The second-order valence-electron chi connectivity index (χ2n) is 5.05. The van der Waals surface area contributed by atoms with Crippen molar-refractivity contribution in [1.82, 2.24) is 20.6 Å². The molecule has 1 fully saturated rings. The van der Waals surface area contributed by atoms with Crippen LogP contribution in [0.2, 0.25) is 0 Å². The van der Waals surface area contributed by atoms with Crippen molar-refractivity contribution in [2.75, 3.05) is 20.1 Å². The predicted octanol–water partition coefficient (Wildman–Crippen LogP) is 0.931. The number of hydrogen-bond acceptors (Lipinski definition) is 4. The third-order valence-corrected chi connectivity index (χ3v) is 3.51. The van der Waals surface area contributed by atoms with Gasteiger partial charge in [0.2, 0.25) is 5.91 Å². The number of hydrogen-bond donors (Lipinski definition) is 2. The molecule has 5 nitrogen and oxygen atoms in total. The smallest absolute Gasteiger partial charge is 0.220 e. The Hall–Kier alpha value is -1.49. The first-order valence-corrected chi connectivity index (χ1v) is 6.95. The van der Waals surface area contributed by atoms with Gasteiger partial charge in [-0.3, -0.25) is 4.79 Å². The van der Waals surface area contributed by atoms with Crippen LogP contribution >= 0.6 is 0 Å². The molecule has 1 aromatic rings. The lowest BCUT2D eigenvalue weighted by Crippen LogP contribution is -2.29. The lowest BCUT2D eigenvalue weighted by molar-refractivity contribution is -0.120. The number of nitrogens with zero attached hydrogens (tertiary/aromatic N) is 2. The van der Waals surface area contributed by atoms with E-state index in [4.69, 9.17) is 0 Å². The topological polar surface area (TPSA) is 66.9 Å². The average molecular weight is 262 g/mol. The van der Waals surface area contributed by atoms with Crippen LogP contribution in [0.3, 0.4) is 0 Å². The van der Waals surface area contributed by atoms with E-state index in [0.29, 0.717) is 18.8 Å². The van der Waals surface area contributed by atoms with Gasteiger partial charge in [0.05, 0.1) is 0 Å². The Balaban J connectivity index is 2.07. The molecule has 0 radical (unpaired) electrons. The third-order valence-electron chi connectivity index (χ3n) is 3.51. The number of carbonyl (C=O) groups excluding carboxylic acids is 1. The van der Waals surface area contributed by atoms with Crippen LogP contribution in [-0.2, 0) is 11.2 Å². The Morgan fingerprint density at radius 1 is 1.53 bits per heavy atom. The van der Waals surface area contributed by atoms with Crippen LogP contribution in [0.15, 0.2) is 6.07 Å². The molecule has 0 spiro atoms.